The molecule has 1 aliphatic rings. The lowest BCUT2D eigenvalue weighted by atomic mass is 9.99. The Balaban J connectivity index is 2.13. The molecule has 1 aromatic rings. The SMILES string of the molecule is CCCCCC/C=C\CC(=O)N[C@@H](CO)C(=O)N[C@H](C(=O)N[C@@H](CO)[C@@H](O)CC(=O)N[C@H](C(=O)N[C@@H]1C=CC(=O)N[C@@H](C(C)C)C(=O)N(C)[C@@H](Cc2ccccc2)C(=O)OC1)C(C)C)C(C)C. The molecule has 0 saturated carbocycles. The van der Waals surface area contributed by atoms with E-state index in [0.717, 1.165) is 43.7 Å². The second-order valence-electron chi connectivity index (χ2n) is 17.9. The maximum Gasteiger partial charge on any atom is 0.329 e. The minimum atomic E-state index is -1.67. The topological polar surface area (TPSA) is 282 Å². The largest absolute Gasteiger partial charge is 0.462 e. The van der Waals surface area contributed by atoms with Crippen LogP contribution in [0.1, 0.15) is 99.0 Å². The van der Waals surface area contributed by atoms with Crippen LogP contribution in [0.3, 0.4) is 0 Å². The normalized spacial score (nSPS) is 19.3. The van der Waals surface area contributed by atoms with Gasteiger partial charge in [0.05, 0.1) is 37.8 Å². The van der Waals surface area contributed by atoms with E-state index in [2.05, 4.69) is 38.8 Å². The van der Waals surface area contributed by atoms with Crippen molar-refractivity contribution in [2.75, 3.05) is 26.9 Å². The smallest absolute Gasteiger partial charge is 0.329 e. The van der Waals surface area contributed by atoms with Gasteiger partial charge in [-0.2, -0.15) is 0 Å². The van der Waals surface area contributed by atoms with Gasteiger partial charge in [-0.3, -0.25) is 33.6 Å². The van der Waals surface area contributed by atoms with E-state index >= 15 is 0 Å². The fraction of sp³-hybridized carbons (Fsp3) is 0.625. The van der Waals surface area contributed by atoms with Gasteiger partial charge in [-0.05, 0) is 36.2 Å². The summed E-state index contributed by atoms with van der Waals surface area (Å²) in [6.45, 7) is 10.2. The average molecular weight is 942 g/mol. The van der Waals surface area contributed by atoms with E-state index in [1.54, 1.807) is 71.9 Å². The van der Waals surface area contributed by atoms with Crippen LogP contribution < -0.4 is 31.9 Å². The minimum absolute atomic E-state index is 0.00871. The average Bonchev–Trinajstić information content (AvgIpc) is 3.28. The van der Waals surface area contributed by atoms with Crippen LogP contribution in [-0.4, -0.2) is 143 Å². The lowest BCUT2D eigenvalue weighted by molar-refractivity contribution is -0.156. The number of carbonyl (C=O) groups excluding carboxylic acids is 8. The molecular formula is C48H75N7O12. The number of unbranched alkanes of at least 4 members (excludes halogenated alkanes) is 4. The van der Waals surface area contributed by atoms with Crippen molar-refractivity contribution in [3.63, 3.8) is 0 Å². The molecule has 0 saturated heterocycles. The summed E-state index contributed by atoms with van der Waals surface area (Å²) in [6, 6.07) is 0.652. The van der Waals surface area contributed by atoms with Gasteiger partial charge in [0.2, 0.25) is 41.4 Å². The molecule has 1 aliphatic heterocycles. The van der Waals surface area contributed by atoms with Crippen LogP contribution in [0.25, 0.3) is 0 Å². The second-order valence-corrected chi connectivity index (χ2v) is 17.9. The van der Waals surface area contributed by atoms with Gasteiger partial charge in [0, 0.05) is 26.0 Å². The van der Waals surface area contributed by atoms with Crippen LogP contribution in [0, 0.1) is 17.8 Å². The molecule has 2 rings (SSSR count). The van der Waals surface area contributed by atoms with Gasteiger partial charge in [-0.15, -0.1) is 0 Å². The summed E-state index contributed by atoms with van der Waals surface area (Å²) in [5.41, 5.74) is 0.755. The van der Waals surface area contributed by atoms with E-state index in [-0.39, 0.29) is 18.8 Å². The maximum atomic E-state index is 13.8. The molecule has 8 atom stereocenters. The Morgan fingerprint density at radius 1 is 0.821 bits per heavy atom. The number of ether oxygens (including phenoxy) is 1. The molecule has 0 aliphatic carbocycles. The van der Waals surface area contributed by atoms with Crippen molar-refractivity contribution in [2.45, 2.75) is 148 Å². The van der Waals surface area contributed by atoms with Crippen LogP contribution in [0.4, 0.5) is 0 Å². The number of benzene rings is 1. The van der Waals surface area contributed by atoms with Crippen molar-refractivity contribution in [2.24, 2.45) is 17.8 Å². The number of hydrogen-bond donors (Lipinski definition) is 9. The van der Waals surface area contributed by atoms with E-state index < -0.39 is 134 Å². The van der Waals surface area contributed by atoms with Crippen molar-refractivity contribution in [3.8, 4) is 0 Å². The quantitative estimate of drug-likeness (QED) is 0.0372. The summed E-state index contributed by atoms with van der Waals surface area (Å²) in [7, 11) is 1.46. The number of esters is 1. The lowest BCUT2D eigenvalue weighted by Gasteiger charge is -2.32. The van der Waals surface area contributed by atoms with Crippen molar-refractivity contribution >= 4 is 47.3 Å². The molecule has 9 N–H and O–H groups in total. The van der Waals surface area contributed by atoms with Crippen LogP contribution in [-0.2, 0) is 49.5 Å². The summed E-state index contributed by atoms with van der Waals surface area (Å²) in [5, 5.41) is 46.4. The molecule has 19 nitrogen and oxygen atoms in total. The van der Waals surface area contributed by atoms with E-state index in [4.69, 9.17) is 4.74 Å². The molecule has 1 aromatic carbocycles. The van der Waals surface area contributed by atoms with Crippen molar-refractivity contribution < 1.29 is 58.4 Å². The zero-order valence-electron chi connectivity index (χ0n) is 40.3. The third-order valence-corrected chi connectivity index (χ3v) is 11.2. The highest BCUT2D eigenvalue weighted by atomic mass is 16.5. The highest BCUT2D eigenvalue weighted by Crippen LogP contribution is 2.16. The van der Waals surface area contributed by atoms with Gasteiger partial charge < -0.3 is 56.9 Å². The number of nitrogens with zero attached hydrogens (tertiary/aromatic N) is 1. The van der Waals surface area contributed by atoms with Gasteiger partial charge in [0.1, 0.15) is 36.8 Å². The number of rotatable bonds is 25. The third kappa shape index (κ3) is 20.0. The number of carbonyl (C=O) groups is 8. The highest BCUT2D eigenvalue weighted by molar-refractivity contribution is 5.95. The first kappa shape index (κ1) is 57.5. The van der Waals surface area contributed by atoms with Gasteiger partial charge in [-0.1, -0.05) is 116 Å². The van der Waals surface area contributed by atoms with E-state index in [9.17, 15) is 53.7 Å². The number of aliphatic hydroxyl groups excluding tert-OH is 3. The molecule has 0 fully saturated rings. The van der Waals surface area contributed by atoms with E-state index in [1.807, 2.05) is 12.1 Å². The molecule has 0 unspecified atom stereocenters. The zero-order valence-corrected chi connectivity index (χ0v) is 40.3. The zero-order chi connectivity index (χ0) is 50.2. The molecular weight excluding hydrogens is 867 g/mol. The van der Waals surface area contributed by atoms with E-state index in [0.29, 0.717) is 0 Å². The van der Waals surface area contributed by atoms with Crippen LogP contribution in [0.15, 0.2) is 54.6 Å². The first-order valence-electron chi connectivity index (χ1n) is 23.2. The Bertz CT molecular complexity index is 1840. The Labute approximate surface area is 394 Å². The van der Waals surface area contributed by atoms with Crippen molar-refractivity contribution in [1.29, 1.82) is 0 Å². The highest BCUT2D eigenvalue weighted by Gasteiger charge is 2.36. The maximum absolute atomic E-state index is 13.8. The molecule has 374 valence electrons. The first-order valence-corrected chi connectivity index (χ1v) is 23.2. The van der Waals surface area contributed by atoms with Crippen LogP contribution >= 0.6 is 0 Å². The number of aliphatic hydroxyl groups is 3. The predicted octanol–water partition coefficient (Wildman–Crippen LogP) is 0.698. The summed E-state index contributed by atoms with van der Waals surface area (Å²) in [5.74, 6) is -7.00. The first-order chi connectivity index (χ1) is 31.7. The van der Waals surface area contributed by atoms with Crippen LogP contribution in [0.5, 0.6) is 0 Å². The van der Waals surface area contributed by atoms with Crippen LogP contribution in [0.2, 0.25) is 0 Å². The minimum Gasteiger partial charge on any atom is -0.462 e. The molecule has 0 bridgehead atoms. The number of cyclic esters (lactones) is 1. The van der Waals surface area contributed by atoms with Crippen molar-refractivity contribution in [3.05, 3.63) is 60.2 Å². The number of allylic oxidation sites excluding steroid dienone is 1. The van der Waals surface area contributed by atoms with Gasteiger partial charge >= 0.3 is 5.97 Å². The second kappa shape index (κ2) is 29.9. The van der Waals surface area contributed by atoms with Gasteiger partial charge in [0.15, 0.2) is 0 Å². The molecule has 19 heteroatoms. The van der Waals surface area contributed by atoms with Gasteiger partial charge in [0.25, 0.3) is 0 Å². The van der Waals surface area contributed by atoms with E-state index in [1.165, 1.54) is 18.0 Å². The number of hydrogen-bond acceptors (Lipinski definition) is 12. The summed E-state index contributed by atoms with van der Waals surface area (Å²) < 4.78 is 5.66. The molecule has 67 heavy (non-hydrogen) atoms. The standard InChI is InChI=1S/C48H75N7O12/c1-9-10-11-12-13-14-18-21-38(59)50-35(27-57)44(62)54-42(30(4)5)46(64)51-34(26-56)37(58)25-40(61)53-41(29(2)3)45(63)49-33-22-23-39(60)52-43(31(6)7)47(65)55(8)36(48(66)67-28-33)24-32-19-16-15-17-20-32/h14-20,22-23,29-31,33-37,41-43,56-58H,9-13,21,24-28H2,1-8H3,(H,49,63)(H,50,59)(H,51,64)(H,52,60)(H,53,61)(H,54,62)/b18-14-,23-22?/t33-,34+,35+,36+,37+,41+,42+,43+/m1/s1. The summed E-state index contributed by atoms with van der Waals surface area (Å²) >= 11 is 0. The summed E-state index contributed by atoms with van der Waals surface area (Å²) in [6.07, 6.45) is 8.89. The Morgan fingerprint density at radius 2 is 1.48 bits per heavy atom. The van der Waals surface area contributed by atoms with Crippen molar-refractivity contribution in [1.82, 2.24) is 36.8 Å². The Hall–Kier alpha value is -5.66. The number of nitrogens with one attached hydrogen (secondary N) is 6. The number of amides is 7. The molecule has 0 aromatic heterocycles. The monoisotopic (exact) mass is 942 g/mol. The summed E-state index contributed by atoms with van der Waals surface area (Å²) in [4.78, 5) is 108. The molecule has 0 radical (unpaired) electrons. The Kier molecular flexibility index (Phi) is 25.6. The molecule has 0 spiro atoms. The molecule has 1 heterocycles. The lowest BCUT2D eigenvalue weighted by Crippen LogP contribution is -2.59. The third-order valence-electron chi connectivity index (χ3n) is 11.2. The Morgan fingerprint density at radius 3 is 2.07 bits per heavy atom. The number of likely N-dealkylation sites (N-methyl/N-ethyl adjacent to an activating group) is 1. The van der Waals surface area contributed by atoms with Gasteiger partial charge in [-0.25, -0.2) is 4.79 Å². The predicted molar refractivity (Wildman–Crippen MR) is 250 cm³/mol. The fourth-order valence-corrected chi connectivity index (χ4v) is 7.06. The fourth-order valence-electron chi connectivity index (χ4n) is 7.06. The molecule has 7 amide bonds.